The summed E-state index contributed by atoms with van der Waals surface area (Å²) in [5.41, 5.74) is 7.10. The van der Waals surface area contributed by atoms with Gasteiger partial charge in [-0.3, -0.25) is 4.68 Å². The molecule has 1 aromatic heterocycles. The summed E-state index contributed by atoms with van der Waals surface area (Å²) in [7, 11) is 0. The summed E-state index contributed by atoms with van der Waals surface area (Å²) in [6, 6.07) is 7.99. The third-order valence-corrected chi connectivity index (χ3v) is 2.92. The fourth-order valence-corrected chi connectivity index (χ4v) is 1.73. The van der Waals surface area contributed by atoms with Gasteiger partial charge >= 0.3 is 0 Å². The first-order valence-corrected chi connectivity index (χ1v) is 6.28. The molecule has 0 saturated heterocycles. The summed E-state index contributed by atoms with van der Waals surface area (Å²) in [6.45, 7) is 4.96. The third-order valence-electron chi connectivity index (χ3n) is 2.92. The molecule has 1 atom stereocenters. The molecule has 0 fully saturated rings. The van der Waals surface area contributed by atoms with Crippen LogP contribution >= 0.6 is 0 Å². The van der Waals surface area contributed by atoms with Crippen LogP contribution in [0, 0.1) is 0 Å². The molecule has 0 saturated carbocycles. The van der Waals surface area contributed by atoms with Crippen molar-refractivity contribution < 1.29 is 4.74 Å². The van der Waals surface area contributed by atoms with E-state index in [1.54, 1.807) is 6.20 Å². The van der Waals surface area contributed by atoms with Gasteiger partial charge < -0.3 is 10.5 Å². The van der Waals surface area contributed by atoms with Crippen LogP contribution in [0.5, 0.6) is 11.5 Å². The van der Waals surface area contributed by atoms with Gasteiger partial charge in [0.2, 0.25) is 0 Å². The van der Waals surface area contributed by atoms with Crippen molar-refractivity contribution in [2.75, 3.05) is 0 Å². The molecular formula is C14H19N3O. The average Bonchev–Trinajstić information content (AvgIpc) is 2.86. The van der Waals surface area contributed by atoms with Crippen LogP contribution in [0.25, 0.3) is 0 Å². The summed E-state index contributed by atoms with van der Waals surface area (Å²) >= 11 is 0. The Kier molecular flexibility index (Phi) is 3.99. The highest BCUT2D eigenvalue weighted by atomic mass is 16.5. The van der Waals surface area contributed by atoms with Gasteiger partial charge in [-0.2, -0.15) is 5.10 Å². The first-order valence-electron chi connectivity index (χ1n) is 6.28. The molecule has 4 heteroatoms. The lowest BCUT2D eigenvalue weighted by atomic mass is 10.1. The maximum Gasteiger partial charge on any atom is 0.165 e. The first kappa shape index (κ1) is 12.6. The van der Waals surface area contributed by atoms with Crippen molar-refractivity contribution in [1.29, 1.82) is 0 Å². The van der Waals surface area contributed by atoms with E-state index < -0.39 is 0 Å². The maximum atomic E-state index is 5.96. The Labute approximate surface area is 107 Å². The minimum atomic E-state index is 0.0990. The zero-order chi connectivity index (χ0) is 13.0. The minimum absolute atomic E-state index is 0.0990. The van der Waals surface area contributed by atoms with Crippen LogP contribution in [-0.2, 0) is 6.54 Å². The lowest BCUT2D eigenvalue weighted by molar-refractivity contribution is 0.480. The molecule has 2 N–H and O–H groups in total. The molecule has 2 rings (SSSR count). The van der Waals surface area contributed by atoms with Gasteiger partial charge in [0, 0.05) is 12.6 Å². The molecular weight excluding hydrogens is 226 g/mol. The number of rotatable bonds is 5. The summed E-state index contributed by atoms with van der Waals surface area (Å²) < 4.78 is 7.54. The van der Waals surface area contributed by atoms with E-state index in [9.17, 15) is 0 Å². The second kappa shape index (κ2) is 5.69. The molecule has 96 valence electrons. The molecule has 4 nitrogen and oxygen atoms in total. The van der Waals surface area contributed by atoms with Crippen LogP contribution < -0.4 is 10.5 Å². The van der Waals surface area contributed by atoms with Crippen LogP contribution in [-0.4, -0.2) is 9.78 Å². The SMILES string of the molecule is CC[C@@H](N)c1ccc(Oc2cnn(CC)c2)cc1. The van der Waals surface area contributed by atoms with Gasteiger partial charge in [0.25, 0.3) is 0 Å². The van der Waals surface area contributed by atoms with Crippen molar-refractivity contribution in [2.45, 2.75) is 32.9 Å². The monoisotopic (exact) mass is 245 g/mol. The highest BCUT2D eigenvalue weighted by molar-refractivity contribution is 5.32. The fourth-order valence-electron chi connectivity index (χ4n) is 1.73. The highest BCUT2D eigenvalue weighted by Gasteiger charge is 2.04. The lowest BCUT2D eigenvalue weighted by Gasteiger charge is -2.09. The van der Waals surface area contributed by atoms with Crippen molar-refractivity contribution >= 4 is 0 Å². The Balaban J connectivity index is 2.06. The maximum absolute atomic E-state index is 5.96. The van der Waals surface area contributed by atoms with Crippen LogP contribution in [0.3, 0.4) is 0 Å². The van der Waals surface area contributed by atoms with Gasteiger partial charge in [-0.25, -0.2) is 0 Å². The third kappa shape index (κ3) is 2.90. The van der Waals surface area contributed by atoms with Gasteiger partial charge in [-0.15, -0.1) is 0 Å². The standard InChI is InChI=1S/C14H19N3O/c1-3-14(15)11-5-7-12(8-6-11)18-13-9-16-17(4-2)10-13/h5-10,14H,3-4,15H2,1-2H3/t14-/m1/s1. The van der Waals surface area contributed by atoms with E-state index >= 15 is 0 Å². The predicted octanol–water partition coefficient (Wildman–Crippen LogP) is 3.11. The van der Waals surface area contributed by atoms with Gasteiger partial charge in [-0.05, 0) is 31.0 Å². The number of nitrogens with zero attached hydrogens (tertiary/aromatic N) is 2. The Bertz CT molecular complexity index is 490. The molecule has 0 unspecified atom stereocenters. The smallest absolute Gasteiger partial charge is 0.165 e. The number of hydrogen-bond acceptors (Lipinski definition) is 3. The number of hydrogen-bond donors (Lipinski definition) is 1. The zero-order valence-corrected chi connectivity index (χ0v) is 10.8. The van der Waals surface area contributed by atoms with Crippen LogP contribution in [0.1, 0.15) is 31.9 Å². The Hall–Kier alpha value is -1.81. The van der Waals surface area contributed by atoms with Crippen molar-refractivity contribution in [3.05, 3.63) is 42.2 Å². The fraction of sp³-hybridized carbons (Fsp3) is 0.357. The molecule has 18 heavy (non-hydrogen) atoms. The number of ether oxygens (including phenoxy) is 1. The molecule has 0 amide bonds. The number of nitrogens with two attached hydrogens (primary N) is 1. The molecule has 0 radical (unpaired) electrons. The van der Waals surface area contributed by atoms with E-state index in [4.69, 9.17) is 10.5 Å². The molecule has 2 aromatic rings. The lowest BCUT2D eigenvalue weighted by Crippen LogP contribution is -2.07. The van der Waals surface area contributed by atoms with E-state index in [-0.39, 0.29) is 6.04 Å². The molecule has 0 aliphatic heterocycles. The molecule has 0 aliphatic rings. The average molecular weight is 245 g/mol. The largest absolute Gasteiger partial charge is 0.454 e. The van der Waals surface area contributed by atoms with Crippen LogP contribution in [0.4, 0.5) is 0 Å². The van der Waals surface area contributed by atoms with Crippen LogP contribution in [0.2, 0.25) is 0 Å². The molecule has 1 heterocycles. The van der Waals surface area contributed by atoms with Gasteiger partial charge in [0.15, 0.2) is 5.75 Å². The molecule has 0 bridgehead atoms. The Morgan fingerprint density at radius 1 is 1.22 bits per heavy atom. The van der Waals surface area contributed by atoms with Crippen molar-refractivity contribution in [3.63, 3.8) is 0 Å². The Morgan fingerprint density at radius 3 is 2.50 bits per heavy atom. The zero-order valence-electron chi connectivity index (χ0n) is 10.8. The second-order valence-electron chi connectivity index (χ2n) is 4.22. The molecule has 1 aromatic carbocycles. The summed E-state index contributed by atoms with van der Waals surface area (Å²) in [4.78, 5) is 0. The number of aromatic nitrogens is 2. The van der Waals surface area contributed by atoms with Crippen molar-refractivity contribution in [3.8, 4) is 11.5 Å². The normalized spacial score (nSPS) is 12.4. The number of aryl methyl sites for hydroxylation is 1. The topological polar surface area (TPSA) is 53.1 Å². The van der Waals surface area contributed by atoms with Gasteiger partial charge in [0.1, 0.15) is 5.75 Å². The number of benzene rings is 1. The van der Waals surface area contributed by atoms with E-state index in [1.807, 2.05) is 42.1 Å². The predicted molar refractivity (Wildman–Crippen MR) is 71.6 cm³/mol. The van der Waals surface area contributed by atoms with E-state index in [1.165, 1.54) is 0 Å². The Morgan fingerprint density at radius 2 is 1.94 bits per heavy atom. The summed E-state index contributed by atoms with van der Waals surface area (Å²) in [6.07, 6.45) is 4.53. The van der Waals surface area contributed by atoms with Crippen LogP contribution in [0.15, 0.2) is 36.7 Å². The van der Waals surface area contributed by atoms with Gasteiger partial charge in [-0.1, -0.05) is 19.1 Å². The van der Waals surface area contributed by atoms with Crippen molar-refractivity contribution in [2.24, 2.45) is 5.73 Å². The summed E-state index contributed by atoms with van der Waals surface area (Å²) in [5.74, 6) is 1.56. The van der Waals surface area contributed by atoms with Crippen molar-refractivity contribution in [1.82, 2.24) is 9.78 Å². The highest BCUT2D eigenvalue weighted by Crippen LogP contribution is 2.23. The minimum Gasteiger partial charge on any atom is -0.454 e. The van der Waals surface area contributed by atoms with E-state index in [0.29, 0.717) is 0 Å². The second-order valence-corrected chi connectivity index (χ2v) is 4.22. The summed E-state index contributed by atoms with van der Waals surface area (Å²) in [5, 5.41) is 4.16. The first-order chi connectivity index (χ1) is 8.72. The molecule has 0 spiro atoms. The van der Waals surface area contributed by atoms with E-state index in [0.717, 1.165) is 30.0 Å². The van der Waals surface area contributed by atoms with E-state index in [2.05, 4.69) is 12.0 Å². The van der Waals surface area contributed by atoms with Gasteiger partial charge in [0.05, 0.1) is 12.4 Å². The molecule has 0 aliphatic carbocycles. The quantitative estimate of drug-likeness (QED) is 0.880.